The lowest BCUT2D eigenvalue weighted by Gasteiger charge is -2.28. The Morgan fingerprint density at radius 1 is 1.13 bits per heavy atom. The van der Waals surface area contributed by atoms with Gasteiger partial charge in [0.15, 0.2) is 0 Å². The fraction of sp³-hybridized carbons (Fsp3) is 0.409. The van der Waals surface area contributed by atoms with Crippen LogP contribution in [0.25, 0.3) is 0 Å². The number of nitrogens with zero attached hydrogens (tertiary/aromatic N) is 2. The van der Waals surface area contributed by atoms with Crippen molar-refractivity contribution in [3.63, 3.8) is 0 Å². The molecule has 0 bridgehead atoms. The number of sulfonamides is 1. The molecule has 2 aromatic rings. The summed E-state index contributed by atoms with van der Waals surface area (Å²) in [7, 11) is -3.65. The average molecular weight is 434 g/mol. The highest BCUT2D eigenvalue weighted by molar-refractivity contribution is 7.88. The van der Waals surface area contributed by atoms with Gasteiger partial charge in [-0.05, 0) is 30.0 Å². The number of hydrogen-bond donors (Lipinski definition) is 1. The van der Waals surface area contributed by atoms with Gasteiger partial charge in [0.1, 0.15) is 5.82 Å². The molecule has 0 aliphatic carbocycles. The van der Waals surface area contributed by atoms with Gasteiger partial charge in [0.2, 0.25) is 15.9 Å². The first-order chi connectivity index (χ1) is 14.3. The van der Waals surface area contributed by atoms with E-state index < -0.39 is 15.8 Å². The molecule has 3 rings (SSSR count). The number of carbonyl (C=O) groups excluding carboxylic acids is 1. The third-order valence-corrected chi connectivity index (χ3v) is 6.47. The molecule has 0 unspecified atom stereocenters. The first-order valence-electron chi connectivity index (χ1n) is 10.1. The molecule has 1 heterocycles. The molecular weight excluding hydrogens is 405 g/mol. The minimum atomic E-state index is -3.65. The number of rotatable bonds is 9. The van der Waals surface area contributed by atoms with E-state index >= 15 is 0 Å². The first-order valence-corrected chi connectivity index (χ1v) is 11.9. The van der Waals surface area contributed by atoms with Crippen molar-refractivity contribution >= 4 is 15.9 Å². The minimum absolute atomic E-state index is 0.174. The zero-order valence-electron chi connectivity index (χ0n) is 17.2. The summed E-state index contributed by atoms with van der Waals surface area (Å²) >= 11 is 0. The van der Waals surface area contributed by atoms with E-state index in [1.165, 1.54) is 29.3 Å². The van der Waals surface area contributed by atoms with Gasteiger partial charge in [0.25, 0.3) is 0 Å². The Morgan fingerprint density at radius 2 is 1.83 bits per heavy atom. The summed E-state index contributed by atoms with van der Waals surface area (Å²) in [6, 6.07) is 14.4. The normalized spacial score (nSPS) is 14.5. The Labute approximate surface area is 177 Å². The van der Waals surface area contributed by atoms with Crippen LogP contribution in [-0.4, -0.2) is 56.0 Å². The lowest BCUT2D eigenvalue weighted by atomic mass is 10.00. The van der Waals surface area contributed by atoms with E-state index in [4.69, 9.17) is 0 Å². The van der Waals surface area contributed by atoms with E-state index in [0.717, 1.165) is 43.0 Å². The molecule has 0 radical (unpaired) electrons. The number of amides is 1. The van der Waals surface area contributed by atoms with Gasteiger partial charge in [-0.3, -0.25) is 9.69 Å². The first kappa shape index (κ1) is 22.4. The van der Waals surface area contributed by atoms with Crippen LogP contribution in [0.1, 0.15) is 23.1 Å². The molecule has 1 N–H and O–H groups in total. The Balaban J connectivity index is 1.44. The summed E-state index contributed by atoms with van der Waals surface area (Å²) in [4.78, 5) is 14.6. The number of hydrogen-bond acceptors (Lipinski definition) is 4. The van der Waals surface area contributed by atoms with E-state index in [0.29, 0.717) is 6.54 Å². The van der Waals surface area contributed by atoms with Crippen LogP contribution in [0.15, 0.2) is 48.5 Å². The summed E-state index contributed by atoms with van der Waals surface area (Å²) < 4.78 is 38.9. The van der Waals surface area contributed by atoms with Gasteiger partial charge in [-0.1, -0.05) is 42.5 Å². The van der Waals surface area contributed by atoms with Crippen molar-refractivity contribution in [3.05, 3.63) is 71.0 Å². The van der Waals surface area contributed by atoms with Crippen molar-refractivity contribution in [2.75, 3.05) is 32.4 Å². The number of carbonyl (C=O) groups is 1. The van der Waals surface area contributed by atoms with Crippen molar-refractivity contribution in [1.29, 1.82) is 0 Å². The molecule has 1 aliphatic heterocycles. The highest BCUT2D eigenvalue weighted by atomic mass is 32.2. The minimum Gasteiger partial charge on any atom is -0.355 e. The van der Waals surface area contributed by atoms with Crippen LogP contribution in [-0.2, 0) is 34.3 Å². The highest BCUT2D eigenvalue weighted by Crippen LogP contribution is 2.18. The second kappa shape index (κ2) is 10.1. The summed E-state index contributed by atoms with van der Waals surface area (Å²) in [5.41, 5.74) is 2.99. The maximum absolute atomic E-state index is 13.9. The van der Waals surface area contributed by atoms with Gasteiger partial charge in [-0.2, -0.15) is 4.31 Å². The molecule has 2 aromatic carbocycles. The van der Waals surface area contributed by atoms with Crippen LogP contribution in [0.5, 0.6) is 0 Å². The number of halogens is 1. The average Bonchev–Trinajstić information content (AvgIpc) is 2.71. The molecule has 0 atom stereocenters. The lowest BCUT2D eigenvalue weighted by Crippen LogP contribution is -2.41. The van der Waals surface area contributed by atoms with E-state index in [2.05, 4.69) is 34.5 Å². The summed E-state index contributed by atoms with van der Waals surface area (Å²) in [6.07, 6.45) is 2.83. The van der Waals surface area contributed by atoms with Crippen LogP contribution >= 0.6 is 0 Å². The Bertz CT molecular complexity index is 981. The molecule has 8 heteroatoms. The van der Waals surface area contributed by atoms with Crippen molar-refractivity contribution in [2.24, 2.45) is 0 Å². The smallest absolute Gasteiger partial charge is 0.235 e. The van der Waals surface area contributed by atoms with E-state index in [9.17, 15) is 17.6 Å². The van der Waals surface area contributed by atoms with Gasteiger partial charge in [-0.15, -0.1) is 0 Å². The zero-order chi connectivity index (χ0) is 21.6. The summed E-state index contributed by atoms with van der Waals surface area (Å²) in [5.74, 6) is -0.879. The van der Waals surface area contributed by atoms with E-state index in [1.54, 1.807) is 6.07 Å². The number of benzene rings is 2. The Morgan fingerprint density at radius 3 is 2.57 bits per heavy atom. The van der Waals surface area contributed by atoms with Crippen LogP contribution in [0.4, 0.5) is 4.39 Å². The second-order valence-electron chi connectivity index (χ2n) is 7.62. The van der Waals surface area contributed by atoms with Crippen molar-refractivity contribution in [1.82, 2.24) is 14.5 Å². The predicted molar refractivity (Wildman–Crippen MR) is 115 cm³/mol. The van der Waals surface area contributed by atoms with Gasteiger partial charge in [0, 0.05) is 38.3 Å². The lowest BCUT2D eigenvalue weighted by molar-refractivity contribution is -0.121. The Hall–Kier alpha value is -2.29. The number of fused-ring (bicyclic) bond motifs is 1. The van der Waals surface area contributed by atoms with Gasteiger partial charge in [0.05, 0.1) is 12.8 Å². The van der Waals surface area contributed by atoms with Gasteiger partial charge in [-0.25, -0.2) is 12.8 Å². The standard InChI is InChI=1S/C22H28FN3O3S/c1-30(28,29)26(16-20-9-4-5-10-21(20)23)17-22(27)24-12-6-13-25-14-11-18-7-2-3-8-19(18)15-25/h2-5,7-10H,6,11-17H2,1H3,(H,24,27). The van der Waals surface area contributed by atoms with Crippen molar-refractivity contribution < 1.29 is 17.6 Å². The molecule has 6 nitrogen and oxygen atoms in total. The molecule has 0 aromatic heterocycles. The molecule has 0 fully saturated rings. The number of nitrogens with one attached hydrogen (secondary N) is 1. The van der Waals surface area contributed by atoms with Crippen LogP contribution in [0.2, 0.25) is 0 Å². The fourth-order valence-corrected chi connectivity index (χ4v) is 4.32. The molecule has 0 saturated carbocycles. The molecule has 1 aliphatic rings. The molecule has 162 valence electrons. The van der Waals surface area contributed by atoms with Crippen molar-refractivity contribution in [3.8, 4) is 0 Å². The maximum Gasteiger partial charge on any atom is 0.235 e. The monoisotopic (exact) mass is 433 g/mol. The highest BCUT2D eigenvalue weighted by Gasteiger charge is 2.22. The zero-order valence-corrected chi connectivity index (χ0v) is 18.0. The van der Waals surface area contributed by atoms with Crippen LogP contribution in [0, 0.1) is 5.82 Å². The third-order valence-electron chi connectivity index (χ3n) is 5.28. The molecular formula is C22H28FN3O3S. The predicted octanol–water partition coefficient (Wildman–Crippen LogP) is 2.15. The Kier molecular flexibility index (Phi) is 7.58. The topological polar surface area (TPSA) is 69.7 Å². The second-order valence-corrected chi connectivity index (χ2v) is 9.60. The van der Waals surface area contributed by atoms with E-state index in [-0.39, 0.29) is 24.6 Å². The fourth-order valence-electron chi connectivity index (χ4n) is 3.60. The van der Waals surface area contributed by atoms with E-state index in [1.807, 2.05) is 0 Å². The third kappa shape index (κ3) is 6.35. The van der Waals surface area contributed by atoms with Gasteiger partial charge < -0.3 is 5.32 Å². The molecule has 1 amide bonds. The SMILES string of the molecule is CS(=O)(=O)N(CC(=O)NCCCN1CCc2ccccc2C1)Cc1ccccc1F. The maximum atomic E-state index is 13.9. The largest absolute Gasteiger partial charge is 0.355 e. The summed E-state index contributed by atoms with van der Waals surface area (Å²) in [6.45, 7) is 2.73. The molecule has 30 heavy (non-hydrogen) atoms. The molecule has 0 saturated heterocycles. The van der Waals surface area contributed by atoms with Crippen LogP contribution in [0.3, 0.4) is 0 Å². The molecule has 0 spiro atoms. The van der Waals surface area contributed by atoms with Gasteiger partial charge >= 0.3 is 0 Å². The van der Waals surface area contributed by atoms with Crippen LogP contribution < -0.4 is 5.32 Å². The quantitative estimate of drug-likeness (QED) is 0.616. The van der Waals surface area contributed by atoms with Crippen molar-refractivity contribution in [2.45, 2.75) is 25.9 Å². The summed E-state index contributed by atoms with van der Waals surface area (Å²) in [5, 5.41) is 2.78.